The summed E-state index contributed by atoms with van der Waals surface area (Å²) in [6, 6.07) is 8.36. The summed E-state index contributed by atoms with van der Waals surface area (Å²) in [4.78, 5) is 10.7. The molecule has 0 fully saturated rings. The molecule has 5 rings (SSSR count). The number of methoxy groups -OCH3 is 1. The number of anilines is 1. The smallest absolute Gasteiger partial charge is 0.287 e. The molecule has 0 unspecified atom stereocenters. The Labute approximate surface area is 197 Å². The van der Waals surface area contributed by atoms with Crippen molar-refractivity contribution in [3.05, 3.63) is 67.2 Å². The molecule has 0 bridgehead atoms. The SMILES string of the molecule is COCc1nnc(N2N=C(c3ccc([N+](=O)[O-])c(Cl)c3)c3cc4c(cc3C[C@H]2C)OCO4)s1. The summed E-state index contributed by atoms with van der Waals surface area (Å²) in [5.41, 5.74) is 2.89. The van der Waals surface area contributed by atoms with Gasteiger partial charge in [0.05, 0.1) is 16.7 Å². The van der Waals surface area contributed by atoms with Crippen molar-refractivity contribution in [3.63, 3.8) is 0 Å². The van der Waals surface area contributed by atoms with Crippen LogP contribution in [0.2, 0.25) is 5.02 Å². The number of rotatable bonds is 5. The van der Waals surface area contributed by atoms with Gasteiger partial charge in [0.2, 0.25) is 11.9 Å². The van der Waals surface area contributed by atoms with Crippen LogP contribution in [-0.2, 0) is 17.8 Å². The lowest BCUT2D eigenvalue weighted by Crippen LogP contribution is -2.29. The van der Waals surface area contributed by atoms with Crippen molar-refractivity contribution in [1.29, 1.82) is 0 Å². The predicted octanol–water partition coefficient (Wildman–Crippen LogP) is 4.18. The Bertz CT molecular complexity index is 1280. The second-order valence-corrected chi connectivity index (χ2v) is 8.99. The van der Waals surface area contributed by atoms with Gasteiger partial charge in [0.1, 0.15) is 16.6 Å². The molecule has 0 spiro atoms. The summed E-state index contributed by atoms with van der Waals surface area (Å²) in [6.07, 6.45) is 0.652. The van der Waals surface area contributed by atoms with Crippen LogP contribution in [0.1, 0.15) is 28.6 Å². The van der Waals surface area contributed by atoms with E-state index < -0.39 is 4.92 Å². The third kappa shape index (κ3) is 3.99. The van der Waals surface area contributed by atoms with Gasteiger partial charge in [-0.25, -0.2) is 5.01 Å². The van der Waals surface area contributed by atoms with Crippen LogP contribution >= 0.6 is 22.9 Å². The summed E-state index contributed by atoms with van der Waals surface area (Å²) < 4.78 is 16.3. The fourth-order valence-electron chi connectivity index (χ4n) is 3.80. The second kappa shape index (κ2) is 8.58. The van der Waals surface area contributed by atoms with E-state index in [0.29, 0.717) is 40.9 Å². The van der Waals surface area contributed by atoms with Crippen molar-refractivity contribution in [3.8, 4) is 11.5 Å². The van der Waals surface area contributed by atoms with E-state index in [2.05, 4.69) is 10.2 Å². The van der Waals surface area contributed by atoms with Crippen LogP contribution in [0.5, 0.6) is 11.5 Å². The van der Waals surface area contributed by atoms with E-state index in [1.807, 2.05) is 24.1 Å². The third-order valence-electron chi connectivity index (χ3n) is 5.33. The van der Waals surface area contributed by atoms with Gasteiger partial charge in [0, 0.05) is 24.3 Å². The van der Waals surface area contributed by atoms with Gasteiger partial charge in [0.15, 0.2) is 11.5 Å². The molecule has 0 N–H and O–H groups in total. The molecular weight excluding hydrogens is 470 g/mol. The third-order valence-corrected chi connectivity index (χ3v) is 6.52. The summed E-state index contributed by atoms with van der Waals surface area (Å²) in [6.45, 7) is 2.56. The van der Waals surface area contributed by atoms with E-state index in [1.54, 1.807) is 19.2 Å². The van der Waals surface area contributed by atoms with Gasteiger partial charge in [0.25, 0.3) is 5.69 Å². The maximum absolute atomic E-state index is 11.3. The fraction of sp³-hybridized carbons (Fsp3) is 0.286. The molecule has 170 valence electrons. The van der Waals surface area contributed by atoms with Crippen LogP contribution in [0.25, 0.3) is 0 Å². The molecule has 0 saturated heterocycles. The van der Waals surface area contributed by atoms with E-state index in [1.165, 1.54) is 17.4 Å². The highest BCUT2D eigenvalue weighted by Gasteiger charge is 2.29. The lowest BCUT2D eigenvalue weighted by molar-refractivity contribution is -0.384. The van der Waals surface area contributed by atoms with Gasteiger partial charge in [-0.05, 0) is 43.2 Å². The molecule has 1 atom stereocenters. The highest BCUT2D eigenvalue weighted by atomic mass is 35.5. The summed E-state index contributed by atoms with van der Waals surface area (Å²) in [5, 5.41) is 27.9. The van der Waals surface area contributed by atoms with Crippen molar-refractivity contribution in [2.75, 3.05) is 18.9 Å². The van der Waals surface area contributed by atoms with Crippen LogP contribution in [0.15, 0.2) is 35.4 Å². The molecule has 12 heteroatoms. The molecular formula is C21H18ClN5O5S. The minimum Gasteiger partial charge on any atom is -0.454 e. The van der Waals surface area contributed by atoms with Crippen LogP contribution in [0.4, 0.5) is 10.8 Å². The van der Waals surface area contributed by atoms with Gasteiger partial charge < -0.3 is 14.2 Å². The number of nitro groups is 1. The average Bonchev–Trinajstić information content (AvgIpc) is 3.40. The molecule has 3 heterocycles. The molecule has 0 saturated carbocycles. The zero-order valence-electron chi connectivity index (χ0n) is 17.6. The molecule has 33 heavy (non-hydrogen) atoms. The largest absolute Gasteiger partial charge is 0.454 e. The Balaban J connectivity index is 1.67. The van der Waals surface area contributed by atoms with Crippen molar-refractivity contribution in [2.45, 2.75) is 26.0 Å². The van der Waals surface area contributed by atoms with E-state index in [0.717, 1.165) is 16.1 Å². The van der Waals surface area contributed by atoms with E-state index >= 15 is 0 Å². The molecule has 10 nitrogen and oxygen atoms in total. The number of hydrogen-bond acceptors (Lipinski definition) is 10. The summed E-state index contributed by atoms with van der Waals surface area (Å²) in [5.74, 6) is 1.29. The predicted molar refractivity (Wildman–Crippen MR) is 123 cm³/mol. The maximum atomic E-state index is 11.3. The monoisotopic (exact) mass is 487 g/mol. The minimum absolute atomic E-state index is 0.0321. The second-order valence-electron chi connectivity index (χ2n) is 7.54. The minimum atomic E-state index is -0.514. The maximum Gasteiger partial charge on any atom is 0.287 e. The number of benzene rings is 2. The van der Waals surface area contributed by atoms with Gasteiger partial charge >= 0.3 is 0 Å². The first-order valence-corrected chi connectivity index (χ1v) is 11.2. The van der Waals surface area contributed by atoms with Crippen molar-refractivity contribution in [1.82, 2.24) is 10.2 Å². The first-order valence-electron chi connectivity index (χ1n) is 10.0. The number of hydrazone groups is 1. The molecule has 0 amide bonds. The summed E-state index contributed by atoms with van der Waals surface area (Å²) >= 11 is 7.63. The topological polar surface area (TPSA) is 112 Å². The highest BCUT2D eigenvalue weighted by Crippen LogP contribution is 2.39. The van der Waals surface area contributed by atoms with E-state index in [9.17, 15) is 10.1 Å². The van der Waals surface area contributed by atoms with Gasteiger partial charge in [-0.15, -0.1) is 10.2 Å². The number of fused-ring (bicyclic) bond motifs is 2. The van der Waals surface area contributed by atoms with Gasteiger partial charge in [-0.1, -0.05) is 22.9 Å². The standard InChI is InChI=1S/C21H18ClN5O5S/c1-11-5-13-7-17-18(32-10-31-17)8-14(13)20(12-3-4-16(27(28)29)15(22)6-12)25-26(11)21-24-23-19(33-21)9-30-2/h3-4,6-8,11H,5,9-10H2,1-2H3/t11-/m1/s1. The van der Waals surface area contributed by atoms with Crippen LogP contribution in [0, 0.1) is 10.1 Å². The Morgan fingerprint density at radius 2 is 2.06 bits per heavy atom. The number of hydrogen-bond donors (Lipinski definition) is 0. The van der Waals surface area contributed by atoms with Crippen molar-refractivity contribution in [2.24, 2.45) is 5.10 Å². The molecule has 0 aliphatic carbocycles. The number of halogens is 1. The first-order chi connectivity index (χ1) is 15.9. The molecule has 2 aliphatic heterocycles. The molecule has 3 aromatic rings. The highest BCUT2D eigenvalue weighted by molar-refractivity contribution is 7.15. The van der Waals surface area contributed by atoms with Gasteiger partial charge in [-0.2, -0.15) is 5.10 Å². The normalized spacial score (nSPS) is 16.9. The van der Waals surface area contributed by atoms with E-state index in [4.69, 9.17) is 30.9 Å². The zero-order chi connectivity index (χ0) is 23.1. The fourth-order valence-corrected chi connectivity index (χ4v) is 4.92. The van der Waals surface area contributed by atoms with Crippen molar-refractivity contribution >= 4 is 39.5 Å². The Morgan fingerprint density at radius 3 is 2.79 bits per heavy atom. The Kier molecular flexibility index (Phi) is 5.60. The molecule has 0 radical (unpaired) electrons. The summed E-state index contributed by atoms with van der Waals surface area (Å²) in [7, 11) is 1.60. The number of nitrogens with zero attached hydrogens (tertiary/aromatic N) is 5. The van der Waals surface area contributed by atoms with Crippen LogP contribution in [-0.4, -0.2) is 40.8 Å². The Morgan fingerprint density at radius 1 is 1.27 bits per heavy atom. The van der Waals surface area contributed by atoms with Gasteiger partial charge in [-0.3, -0.25) is 10.1 Å². The zero-order valence-corrected chi connectivity index (χ0v) is 19.2. The first kappa shape index (κ1) is 21.6. The number of aromatic nitrogens is 2. The number of nitro benzene ring substituents is 1. The van der Waals surface area contributed by atoms with Crippen LogP contribution in [0.3, 0.4) is 0 Å². The van der Waals surface area contributed by atoms with Crippen molar-refractivity contribution < 1.29 is 19.1 Å². The molecule has 2 aliphatic rings. The quantitative estimate of drug-likeness (QED) is 0.389. The lowest BCUT2D eigenvalue weighted by atomic mass is 9.94. The average molecular weight is 488 g/mol. The molecule has 1 aromatic heterocycles. The number of ether oxygens (including phenoxy) is 3. The Hall–Kier alpha value is -3.28. The molecule has 2 aromatic carbocycles. The van der Waals surface area contributed by atoms with E-state index in [-0.39, 0.29) is 23.5 Å². The lowest BCUT2D eigenvalue weighted by Gasteiger charge is -2.21. The van der Waals surface area contributed by atoms with Crippen LogP contribution < -0.4 is 14.5 Å².